The lowest BCUT2D eigenvalue weighted by Gasteiger charge is -2.07. The molecule has 0 aliphatic carbocycles. The number of ether oxygens (including phenoxy) is 1. The molecule has 0 spiro atoms. The van der Waals surface area contributed by atoms with Gasteiger partial charge in [-0.2, -0.15) is 0 Å². The standard InChI is InChI=1S/C16H15N5O2/c1-23-14-5-2-12(3-6-14)8-16(22)20-13-4-7-15(17-9-13)21-10-18-19-11-21/h2-7,9-11H,8H2,1H3,(H,20,22). The molecule has 0 saturated heterocycles. The van der Waals surface area contributed by atoms with Crippen LogP contribution in [-0.4, -0.2) is 32.8 Å². The SMILES string of the molecule is COc1ccc(CC(=O)Nc2ccc(-n3cnnc3)nc2)cc1. The van der Waals surface area contributed by atoms with Crippen molar-refractivity contribution in [1.29, 1.82) is 0 Å². The van der Waals surface area contributed by atoms with Crippen LogP contribution in [0.15, 0.2) is 55.2 Å². The summed E-state index contributed by atoms with van der Waals surface area (Å²) in [5.41, 5.74) is 1.55. The molecular weight excluding hydrogens is 294 g/mol. The van der Waals surface area contributed by atoms with Crippen LogP contribution in [0.5, 0.6) is 5.75 Å². The fourth-order valence-electron chi connectivity index (χ4n) is 2.07. The Bertz CT molecular complexity index is 767. The molecule has 1 aromatic carbocycles. The number of methoxy groups -OCH3 is 1. The molecule has 7 heteroatoms. The second-order valence-electron chi connectivity index (χ2n) is 4.85. The predicted molar refractivity (Wildman–Crippen MR) is 84.5 cm³/mol. The highest BCUT2D eigenvalue weighted by atomic mass is 16.5. The molecule has 3 aromatic rings. The van der Waals surface area contributed by atoms with Gasteiger partial charge >= 0.3 is 0 Å². The number of hydrogen-bond acceptors (Lipinski definition) is 5. The molecule has 0 saturated carbocycles. The summed E-state index contributed by atoms with van der Waals surface area (Å²) < 4.78 is 6.78. The Balaban J connectivity index is 1.61. The number of carbonyl (C=O) groups is 1. The van der Waals surface area contributed by atoms with Crippen molar-refractivity contribution in [2.24, 2.45) is 0 Å². The number of anilines is 1. The summed E-state index contributed by atoms with van der Waals surface area (Å²) in [6.45, 7) is 0. The summed E-state index contributed by atoms with van der Waals surface area (Å²) in [5.74, 6) is 1.35. The minimum absolute atomic E-state index is 0.103. The Morgan fingerprint density at radius 3 is 2.48 bits per heavy atom. The summed E-state index contributed by atoms with van der Waals surface area (Å²) in [6, 6.07) is 11.0. The van der Waals surface area contributed by atoms with Crippen molar-refractivity contribution in [2.75, 3.05) is 12.4 Å². The quantitative estimate of drug-likeness (QED) is 0.778. The fourth-order valence-corrected chi connectivity index (χ4v) is 2.07. The van der Waals surface area contributed by atoms with E-state index in [0.717, 1.165) is 11.3 Å². The van der Waals surface area contributed by atoms with Gasteiger partial charge in [0.25, 0.3) is 0 Å². The van der Waals surface area contributed by atoms with Crippen molar-refractivity contribution >= 4 is 11.6 Å². The molecule has 1 N–H and O–H groups in total. The van der Waals surface area contributed by atoms with E-state index in [1.807, 2.05) is 24.3 Å². The number of aromatic nitrogens is 4. The van der Waals surface area contributed by atoms with Crippen molar-refractivity contribution in [3.63, 3.8) is 0 Å². The largest absolute Gasteiger partial charge is 0.497 e. The zero-order chi connectivity index (χ0) is 16.1. The molecule has 116 valence electrons. The molecule has 2 heterocycles. The zero-order valence-electron chi connectivity index (χ0n) is 12.5. The average Bonchev–Trinajstić information content (AvgIpc) is 3.11. The van der Waals surface area contributed by atoms with Gasteiger partial charge in [0, 0.05) is 0 Å². The number of rotatable bonds is 5. The van der Waals surface area contributed by atoms with Crippen molar-refractivity contribution in [1.82, 2.24) is 19.7 Å². The number of benzene rings is 1. The molecule has 0 radical (unpaired) electrons. The number of nitrogens with zero attached hydrogens (tertiary/aromatic N) is 4. The van der Waals surface area contributed by atoms with Crippen LogP contribution in [0, 0.1) is 0 Å². The second-order valence-corrected chi connectivity index (χ2v) is 4.85. The highest BCUT2D eigenvalue weighted by Gasteiger charge is 2.05. The van der Waals surface area contributed by atoms with Crippen LogP contribution in [0.3, 0.4) is 0 Å². The number of amides is 1. The van der Waals surface area contributed by atoms with Gasteiger partial charge in [-0.1, -0.05) is 12.1 Å². The van der Waals surface area contributed by atoms with Crippen molar-refractivity contribution in [3.05, 3.63) is 60.8 Å². The third-order valence-electron chi connectivity index (χ3n) is 3.24. The first-order chi connectivity index (χ1) is 11.2. The van der Waals surface area contributed by atoms with Crippen LogP contribution in [0.4, 0.5) is 5.69 Å². The van der Waals surface area contributed by atoms with Gasteiger partial charge in [0.2, 0.25) is 5.91 Å². The van der Waals surface area contributed by atoms with E-state index in [1.54, 1.807) is 42.7 Å². The second kappa shape index (κ2) is 6.69. The van der Waals surface area contributed by atoms with Gasteiger partial charge < -0.3 is 10.1 Å². The summed E-state index contributed by atoms with van der Waals surface area (Å²) in [5, 5.41) is 10.3. The molecule has 2 aromatic heterocycles. The summed E-state index contributed by atoms with van der Waals surface area (Å²) in [6.07, 6.45) is 5.01. The summed E-state index contributed by atoms with van der Waals surface area (Å²) >= 11 is 0. The Hall–Kier alpha value is -3.22. The maximum Gasteiger partial charge on any atom is 0.228 e. The van der Waals surface area contributed by atoms with E-state index in [-0.39, 0.29) is 12.3 Å². The average molecular weight is 309 g/mol. The summed E-state index contributed by atoms with van der Waals surface area (Å²) in [7, 11) is 1.61. The fraction of sp³-hybridized carbons (Fsp3) is 0.125. The monoisotopic (exact) mass is 309 g/mol. The van der Waals surface area contributed by atoms with Crippen LogP contribution in [0.2, 0.25) is 0 Å². The third kappa shape index (κ3) is 3.70. The summed E-state index contributed by atoms with van der Waals surface area (Å²) in [4.78, 5) is 16.3. The Morgan fingerprint density at radius 2 is 1.87 bits per heavy atom. The van der Waals surface area contributed by atoms with Crippen molar-refractivity contribution in [2.45, 2.75) is 6.42 Å². The van der Waals surface area contributed by atoms with E-state index in [2.05, 4.69) is 20.5 Å². The third-order valence-corrected chi connectivity index (χ3v) is 3.24. The molecule has 0 aliphatic rings. The van der Waals surface area contributed by atoms with Crippen molar-refractivity contribution in [3.8, 4) is 11.6 Å². The lowest BCUT2D eigenvalue weighted by molar-refractivity contribution is -0.115. The van der Waals surface area contributed by atoms with E-state index in [0.29, 0.717) is 11.5 Å². The van der Waals surface area contributed by atoms with Gasteiger partial charge in [0.15, 0.2) is 0 Å². The smallest absolute Gasteiger partial charge is 0.228 e. The van der Waals surface area contributed by atoms with Crippen LogP contribution in [0.1, 0.15) is 5.56 Å². The Kier molecular flexibility index (Phi) is 4.28. The van der Waals surface area contributed by atoms with Crippen LogP contribution in [0.25, 0.3) is 5.82 Å². The van der Waals surface area contributed by atoms with E-state index in [1.165, 1.54) is 0 Å². The zero-order valence-corrected chi connectivity index (χ0v) is 12.5. The maximum atomic E-state index is 12.1. The minimum atomic E-state index is -0.103. The maximum absolute atomic E-state index is 12.1. The molecule has 1 amide bonds. The Morgan fingerprint density at radius 1 is 1.13 bits per heavy atom. The molecule has 0 aliphatic heterocycles. The lowest BCUT2D eigenvalue weighted by Crippen LogP contribution is -2.14. The molecule has 0 fully saturated rings. The number of carbonyl (C=O) groups excluding carboxylic acids is 1. The topological polar surface area (TPSA) is 81.9 Å². The molecule has 23 heavy (non-hydrogen) atoms. The first-order valence-electron chi connectivity index (χ1n) is 6.98. The van der Waals surface area contributed by atoms with Crippen molar-refractivity contribution < 1.29 is 9.53 Å². The van der Waals surface area contributed by atoms with E-state index < -0.39 is 0 Å². The normalized spacial score (nSPS) is 10.3. The number of hydrogen-bond donors (Lipinski definition) is 1. The molecule has 0 bridgehead atoms. The number of nitrogens with one attached hydrogen (secondary N) is 1. The van der Waals surface area contributed by atoms with Gasteiger partial charge in [-0.05, 0) is 29.8 Å². The van der Waals surface area contributed by atoms with Gasteiger partial charge in [0.1, 0.15) is 24.2 Å². The van der Waals surface area contributed by atoms with Gasteiger partial charge in [-0.15, -0.1) is 10.2 Å². The van der Waals surface area contributed by atoms with E-state index >= 15 is 0 Å². The Labute approximate surface area is 133 Å². The molecule has 7 nitrogen and oxygen atoms in total. The molecule has 0 unspecified atom stereocenters. The first-order valence-corrected chi connectivity index (χ1v) is 6.98. The van der Waals surface area contributed by atoms with Gasteiger partial charge in [-0.25, -0.2) is 4.98 Å². The molecular formula is C16H15N5O2. The van der Waals surface area contributed by atoms with E-state index in [4.69, 9.17) is 4.74 Å². The molecule has 0 atom stereocenters. The van der Waals surface area contributed by atoms with Crippen LogP contribution >= 0.6 is 0 Å². The van der Waals surface area contributed by atoms with E-state index in [9.17, 15) is 4.79 Å². The van der Waals surface area contributed by atoms with Gasteiger partial charge in [0.05, 0.1) is 25.4 Å². The van der Waals surface area contributed by atoms with Gasteiger partial charge in [-0.3, -0.25) is 9.36 Å². The lowest BCUT2D eigenvalue weighted by atomic mass is 10.1. The predicted octanol–water partition coefficient (Wildman–Crippen LogP) is 1.85. The minimum Gasteiger partial charge on any atom is -0.497 e. The number of pyridine rings is 1. The van der Waals surface area contributed by atoms with Crippen LogP contribution < -0.4 is 10.1 Å². The molecule has 3 rings (SSSR count). The highest BCUT2D eigenvalue weighted by Crippen LogP contribution is 2.13. The first kappa shape index (κ1) is 14.7. The highest BCUT2D eigenvalue weighted by molar-refractivity contribution is 5.92. The van der Waals surface area contributed by atoms with Crippen LogP contribution in [-0.2, 0) is 11.2 Å².